The molecule has 9 nitrogen and oxygen atoms in total. The van der Waals surface area contributed by atoms with Gasteiger partial charge in [-0.2, -0.15) is 0 Å². The summed E-state index contributed by atoms with van der Waals surface area (Å²) in [6.07, 6.45) is 2.44. The zero-order valence-corrected chi connectivity index (χ0v) is 16.7. The number of hydrogen-bond acceptors (Lipinski definition) is 6. The number of aromatic carboxylic acids is 2. The van der Waals surface area contributed by atoms with E-state index in [1.807, 2.05) is 0 Å². The molecule has 2 heterocycles. The molecule has 1 unspecified atom stereocenters. The van der Waals surface area contributed by atoms with Crippen molar-refractivity contribution in [2.24, 2.45) is 5.92 Å². The second-order valence-corrected chi connectivity index (χ2v) is 7.52. The molecule has 160 valence electrons. The highest BCUT2D eigenvalue weighted by molar-refractivity contribution is 6.07. The minimum Gasteiger partial charge on any atom is -0.492 e. The maximum Gasteiger partial charge on any atom is 0.342 e. The molecule has 9 heteroatoms. The van der Waals surface area contributed by atoms with E-state index >= 15 is 0 Å². The van der Waals surface area contributed by atoms with Crippen LogP contribution in [-0.4, -0.2) is 58.3 Å². The van der Waals surface area contributed by atoms with Crippen LogP contribution in [0.5, 0.6) is 5.75 Å². The lowest BCUT2D eigenvalue weighted by molar-refractivity contribution is 0.0695. The predicted octanol–water partition coefficient (Wildman–Crippen LogP) is 2.13. The van der Waals surface area contributed by atoms with Crippen LogP contribution in [0, 0.1) is 5.92 Å². The monoisotopic (exact) mass is 415 g/mol. The summed E-state index contributed by atoms with van der Waals surface area (Å²) in [5.41, 5.74) is 3.57. The number of aromatic nitrogens is 1. The first-order chi connectivity index (χ1) is 14.3. The molecule has 0 spiro atoms. The van der Waals surface area contributed by atoms with Crippen LogP contribution in [0.15, 0.2) is 29.1 Å². The summed E-state index contributed by atoms with van der Waals surface area (Å²) in [5.74, 6) is -2.12. The standard InChI is InChI=1S/C21H25N3O6/c1-12-3-2-8-24(11-12)9-10-30-14-6-4-13(5-7-14)15-16(20(26)27)18(22)23-19(25)17(15)21(28)29/h4-7,12H,2-3,8-11H2,1H3,(H,26,27)(H,28,29)(H3,22,23,25). The second-order valence-electron chi connectivity index (χ2n) is 7.52. The van der Waals surface area contributed by atoms with Gasteiger partial charge in [0.15, 0.2) is 0 Å². The molecule has 1 fully saturated rings. The number of nitrogens with two attached hydrogens (primary N) is 1. The van der Waals surface area contributed by atoms with Gasteiger partial charge in [0.05, 0.1) is 0 Å². The van der Waals surface area contributed by atoms with Crippen LogP contribution in [0.2, 0.25) is 0 Å². The normalized spacial score (nSPS) is 16.9. The minimum atomic E-state index is -1.54. The number of aromatic amines is 1. The van der Waals surface area contributed by atoms with Crippen molar-refractivity contribution < 1.29 is 24.5 Å². The van der Waals surface area contributed by atoms with Gasteiger partial charge < -0.3 is 25.7 Å². The van der Waals surface area contributed by atoms with E-state index in [4.69, 9.17) is 10.5 Å². The molecule has 0 bridgehead atoms. The number of rotatable bonds is 7. The Morgan fingerprint density at radius 2 is 1.87 bits per heavy atom. The van der Waals surface area contributed by atoms with Crippen LogP contribution >= 0.6 is 0 Å². The van der Waals surface area contributed by atoms with Gasteiger partial charge in [-0.3, -0.25) is 9.69 Å². The third kappa shape index (κ3) is 4.62. The van der Waals surface area contributed by atoms with Crippen LogP contribution in [0.3, 0.4) is 0 Å². The number of piperidine rings is 1. The lowest BCUT2D eigenvalue weighted by Gasteiger charge is -2.30. The van der Waals surface area contributed by atoms with E-state index in [1.165, 1.54) is 25.0 Å². The first kappa shape index (κ1) is 21.4. The van der Waals surface area contributed by atoms with Crippen LogP contribution in [0.1, 0.15) is 40.5 Å². The van der Waals surface area contributed by atoms with Crippen molar-refractivity contribution in [3.63, 3.8) is 0 Å². The van der Waals surface area contributed by atoms with Gasteiger partial charge in [-0.1, -0.05) is 19.1 Å². The molecule has 1 aliphatic rings. The van der Waals surface area contributed by atoms with E-state index < -0.39 is 34.4 Å². The number of benzene rings is 1. The maximum atomic E-state index is 12.1. The molecule has 5 N–H and O–H groups in total. The van der Waals surface area contributed by atoms with Gasteiger partial charge in [0, 0.05) is 18.7 Å². The number of nitrogens with one attached hydrogen (secondary N) is 1. The van der Waals surface area contributed by atoms with Crippen LogP contribution in [0.4, 0.5) is 5.82 Å². The van der Waals surface area contributed by atoms with Crippen molar-refractivity contribution in [3.8, 4) is 16.9 Å². The Morgan fingerprint density at radius 1 is 1.20 bits per heavy atom. The summed E-state index contributed by atoms with van der Waals surface area (Å²) in [4.78, 5) is 39.8. The molecular weight excluding hydrogens is 390 g/mol. The largest absolute Gasteiger partial charge is 0.492 e. The fourth-order valence-electron chi connectivity index (χ4n) is 3.84. The van der Waals surface area contributed by atoms with Crippen molar-refractivity contribution in [1.82, 2.24) is 9.88 Å². The van der Waals surface area contributed by atoms with Gasteiger partial charge in [0.2, 0.25) is 0 Å². The van der Waals surface area contributed by atoms with E-state index in [2.05, 4.69) is 16.8 Å². The number of anilines is 1. The number of carboxylic acids is 2. The van der Waals surface area contributed by atoms with Crippen molar-refractivity contribution in [2.45, 2.75) is 19.8 Å². The van der Waals surface area contributed by atoms with Gasteiger partial charge in [-0.25, -0.2) is 9.59 Å². The Morgan fingerprint density at radius 3 is 2.47 bits per heavy atom. The first-order valence-electron chi connectivity index (χ1n) is 9.75. The smallest absolute Gasteiger partial charge is 0.342 e. The molecule has 0 radical (unpaired) electrons. The Balaban J connectivity index is 1.81. The van der Waals surface area contributed by atoms with Crippen LogP contribution in [-0.2, 0) is 0 Å². The zero-order valence-electron chi connectivity index (χ0n) is 16.7. The topological polar surface area (TPSA) is 146 Å². The Hall–Kier alpha value is -3.33. The molecule has 0 saturated carbocycles. The lowest BCUT2D eigenvalue weighted by Crippen LogP contribution is -2.37. The van der Waals surface area contributed by atoms with Crippen molar-refractivity contribution >= 4 is 17.8 Å². The molecule has 0 aliphatic carbocycles. The van der Waals surface area contributed by atoms with E-state index in [0.29, 0.717) is 18.3 Å². The minimum absolute atomic E-state index is 0.231. The lowest BCUT2D eigenvalue weighted by atomic mass is 9.95. The fourth-order valence-corrected chi connectivity index (χ4v) is 3.84. The number of carboxylic acid groups (broad SMARTS) is 2. The predicted molar refractivity (Wildman–Crippen MR) is 111 cm³/mol. The van der Waals surface area contributed by atoms with E-state index in [0.717, 1.165) is 19.6 Å². The zero-order chi connectivity index (χ0) is 21.8. The number of nitrogens with zero attached hydrogens (tertiary/aromatic N) is 1. The second kappa shape index (κ2) is 9.00. The van der Waals surface area contributed by atoms with Crippen LogP contribution in [0.25, 0.3) is 11.1 Å². The number of carbonyl (C=O) groups is 2. The van der Waals surface area contributed by atoms with E-state index in [9.17, 15) is 24.6 Å². The van der Waals surface area contributed by atoms with Gasteiger partial charge >= 0.3 is 11.9 Å². The molecule has 1 saturated heterocycles. The summed E-state index contributed by atoms with van der Waals surface area (Å²) in [6.45, 7) is 5.67. The van der Waals surface area contributed by atoms with Crippen molar-refractivity contribution in [1.29, 1.82) is 0 Å². The average Bonchev–Trinajstić information content (AvgIpc) is 2.67. The quantitative estimate of drug-likeness (QED) is 0.538. The Kier molecular flexibility index (Phi) is 6.41. The summed E-state index contributed by atoms with van der Waals surface area (Å²) >= 11 is 0. The SMILES string of the molecule is CC1CCCN(CCOc2ccc(-c3c(C(=O)O)c(N)[nH]c(=O)c3C(=O)O)cc2)C1. The molecule has 1 aliphatic heterocycles. The molecule has 30 heavy (non-hydrogen) atoms. The van der Waals surface area contributed by atoms with Crippen molar-refractivity contribution in [2.75, 3.05) is 32.0 Å². The summed E-state index contributed by atoms with van der Waals surface area (Å²) in [5, 5.41) is 18.9. The summed E-state index contributed by atoms with van der Waals surface area (Å²) < 4.78 is 5.77. The van der Waals surface area contributed by atoms with Crippen molar-refractivity contribution in [3.05, 3.63) is 45.7 Å². The molecule has 1 atom stereocenters. The maximum absolute atomic E-state index is 12.1. The number of nitrogen functional groups attached to an aromatic ring is 1. The molecule has 1 aromatic carbocycles. The highest BCUT2D eigenvalue weighted by atomic mass is 16.5. The third-order valence-corrected chi connectivity index (χ3v) is 5.23. The molecule has 3 rings (SSSR count). The van der Waals surface area contributed by atoms with Gasteiger partial charge in [-0.15, -0.1) is 0 Å². The van der Waals surface area contributed by atoms with Gasteiger partial charge in [0.25, 0.3) is 5.56 Å². The number of likely N-dealkylation sites (tertiary alicyclic amines) is 1. The highest BCUT2D eigenvalue weighted by Gasteiger charge is 2.26. The molecule has 1 aromatic heterocycles. The Labute approximate surface area is 173 Å². The number of H-pyrrole nitrogens is 1. The van der Waals surface area contributed by atoms with E-state index in [1.54, 1.807) is 12.1 Å². The fraction of sp³-hybridized carbons (Fsp3) is 0.381. The highest BCUT2D eigenvalue weighted by Crippen LogP contribution is 2.30. The number of pyridine rings is 1. The van der Waals surface area contributed by atoms with E-state index in [-0.39, 0.29) is 11.1 Å². The number of ether oxygens (including phenoxy) is 1. The molecule has 2 aromatic rings. The molecule has 0 amide bonds. The first-order valence-corrected chi connectivity index (χ1v) is 9.75. The average molecular weight is 415 g/mol. The van der Waals surface area contributed by atoms with Gasteiger partial charge in [0.1, 0.15) is 29.3 Å². The summed E-state index contributed by atoms with van der Waals surface area (Å²) in [6, 6.07) is 6.27. The van der Waals surface area contributed by atoms with Crippen LogP contribution < -0.4 is 16.0 Å². The molecular formula is C21H25N3O6. The van der Waals surface area contributed by atoms with Gasteiger partial charge in [-0.05, 0) is 43.0 Å². The third-order valence-electron chi connectivity index (χ3n) is 5.23. The number of hydrogen-bond donors (Lipinski definition) is 4. The summed E-state index contributed by atoms with van der Waals surface area (Å²) in [7, 11) is 0. The Bertz CT molecular complexity index is 999.